The maximum atomic E-state index is 13.5. The highest BCUT2D eigenvalue weighted by atomic mass is 79.9. The number of hydrogen-bond donors (Lipinski definition) is 1. The maximum absolute atomic E-state index is 13.5. The number of aryl methyl sites for hydroxylation is 1. The van der Waals surface area contributed by atoms with Crippen LogP contribution in [0.5, 0.6) is 0 Å². The van der Waals surface area contributed by atoms with Crippen LogP contribution in [0.15, 0.2) is 34.8 Å². The molecule has 0 aromatic heterocycles. The minimum Gasteiger partial charge on any atom is -0.379 e. The van der Waals surface area contributed by atoms with Gasteiger partial charge >= 0.3 is 0 Å². The van der Waals surface area contributed by atoms with Crippen LogP contribution in [-0.2, 0) is 6.54 Å². The zero-order chi connectivity index (χ0) is 14.0. The molecule has 19 heavy (non-hydrogen) atoms. The fourth-order valence-corrected chi connectivity index (χ4v) is 2.02. The molecule has 1 nitrogen and oxygen atoms in total. The van der Waals surface area contributed by atoms with Crippen LogP contribution >= 0.6 is 15.9 Å². The number of halogens is 4. The molecule has 2 aromatic carbocycles. The summed E-state index contributed by atoms with van der Waals surface area (Å²) in [7, 11) is 0. The van der Waals surface area contributed by atoms with Gasteiger partial charge in [-0.3, -0.25) is 0 Å². The van der Waals surface area contributed by atoms with Crippen LogP contribution in [-0.4, -0.2) is 0 Å². The quantitative estimate of drug-likeness (QED) is 0.798. The molecule has 0 unspecified atom stereocenters. The van der Waals surface area contributed by atoms with Gasteiger partial charge in [-0.1, -0.05) is 12.1 Å². The minimum atomic E-state index is -0.667. The molecule has 0 amide bonds. The van der Waals surface area contributed by atoms with E-state index in [4.69, 9.17) is 0 Å². The van der Waals surface area contributed by atoms with E-state index in [1.54, 1.807) is 19.1 Å². The molecule has 0 saturated carbocycles. The highest BCUT2D eigenvalue weighted by Crippen LogP contribution is 2.24. The van der Waals surface area contributed by atoms with Gasteiger partial charge in [0.2, 0.25) is 0 Å². The predicted molar refractivity (Wildman–Crippen MR) is 72.5 cm³/mol. The molecule has 0 aliphatic heterocycles. The van der Waals surface area contributed by atoms with Crippen molar-refractivity contribution >= 4 is 21.6 Å². The van der Waals surface area contributed by atoms with E-state index in [1.807, 2.05) is 0 Å². The first-order chi connectivity index (χ1) is 8.97. The highest BCUT2D eigenvalue weighted by Gasteiger charge is 2.08. The zero-order valence-corrected chi connectivity index (χ0v) is 11.7. The SMILES string of the molecule is Cc1cc(CNc2cc(Br)c(F)cc2F)ccc1F. The molecule has 0 aliphatic rings. The number of anilines is 1. The lowest BCUT2D eigenvalue weighted by molar-refractivity contribution is 0.580. The Hall–Kier alpha value is -1.49. The van der Waals surface area contributed by atoms with Crippen molar-refractivity contribution < 1.29 is 13.2 Å². The lowest BCUT2D eigenvalue weighted by Crippen LogP contribution is -2.03. The van der Waals surface area contributed by atoms with E-state index >= 15 is 0 Å². The average Bonchev–Trinajstić information content (AvgIpc) is 2.36. The predicted octanol–water partition coefficient (Wildman–Crippen LogP) is 4.79. The molecule has 0 bridgehead atoms. The number of nitrogens with one attached hydrogen (secondary N) is 1. The third kappa shape index (κ3) is 3.29. The lowest BCUT2D eigenvalue weighted by Gasteiger charge is -2.09. The van der Waals surface area contributed by atoms with Crippen molar-refractivity contribution in [3.05, 3.63) is 63.4 Å². The van der Waals surface area contributed by atoms with Crippen LogP contribution in [0.1, 0.15) is 11.1 Å². The molecule has 0 radical (unpaired) electrons. The van der Waals surface area contributed by atoms with Crippen molar-refractivity contribution in [2.45, 2.75) is 13.5 Å². The van der Waals surface area contributed by atoms with E-state index in [0.717, 1.165) is 11.6 Å². The molecule has 100 valence electrons. The summed E-state index contributed by atoms with van der Waals surface area (Å²) in [6.45, 7) is 1.99. The van der Waals surface area contributed by atoms with Crippen molar-refractivity contribution in [1.82, 2.24) is 0 Å². The Morgan fingerprint density at radius 2 is 1.74 bits per heavy atom. The molecule has 0 fully saturated rings. The van der Waals surface area contributed by atoms with Crippen molar-refractivity contribution in [2.75, 3.05) is 5.32 Å². The summed E-state index contributed by atoms with van der Waals surface area (Å²) in [5.41, 5.74) is 1.54. The average molecular weight is 330 g/mol. The first-order valence-corrected chi connectivity index (χ1v) is 6.40. The zero-order valence-electron chi connectivity index (χ0n) is 10.1. The molecule has 0 saturated heterocycles. The molecule has 5 heteroatoms. The molecule has 1 N–H and O–H groups in total. The standard InChI is InChI=1S/C14H11BrF3N/c1-8-4-9(2-3-11(8)16)7-19-14-5-10(15)12(17)6-13(14)18/h2-6,19H,7H2,1H3. The minimum absolute atomic E-state index is 0.187. The van der Waals surface area contributed by atoms with Crippen LogP contribution in [0.3, 0.4) is 0 Å². The molecule has 0 atom stereocenters. The van der Waals surface area contributed by atoms with E-state index in [1.165, 1.54) is 12.1 Å². The van der Waals surface area contributed by atoms with Gasteiger partial charge in [-0.05, 0) is 46.1 Å². The van der Waals surface area contributed by atoms with Gasteiger partial charge in [-0.2, -0.15) is 0 Å². The fraction of sp³-hybridized carbons (Fsp3) is 0.143. The topological polar surface area (TPSA) is 12.0 Å². The van der Waals surface area contributed by atoms with Crippen LogP contribution in [0.2, 0.25) is 0 Å². The molecule has 2 aromatic rings. The molecule has 2 rings (SSSR count). The third-order valence-electron chi connectivity index (χ3n) is 2.72. The van der Waals surface area contributed by atoms with E-state index in [9.17, 15) is 13.2 Å². The summed E-state index contributed by atoms with van der Waals surface area (Å²) in [6.07, 6.45) is 0. The molecular formula is C14H11BrF3N. The van der Waals surface area contributed by atoms with Gasteiger partial charge in [-0.15, -0.1) is 0 Å². The Bertz CT molecular complexity index is 614. The van der Waals surface area contributed by atoms with Crippen molar-refractivity contribution in [3.8, 4) is 0 Å². The highest BCUT2D eigenvalue weighted by molar-refractivity contribution is 9.10. The second-order valence-corrected chi connectivity index (χ2v) is 5.04. The Kier molecular flexibility index (Phi) is 4.14. The number of benzene rings is 2. The van der Waals surface area contributed by atoms with Gasteiger partial charge < -0.3 is 5.32 Å². The van der Waals surface area contributed by atoms with Gasteiger partial charge in [0.15, 0.2) is 0 Å². The van der Waals surface area contributed by atoms with Gasteiger partial charge in [-0.25, -0.2) is 13.2 Å². The summed E-state index contributed by atoms with van der Waals surface area (Å²) >= 11 is 3.00. The summed E-state index contributed by atoms with van der Waals surface area (Å²) in [5, 5.41) is 2.85. The summed E-state index contributed by atoms with van der Waals surface area (Å²) in [6, 6.07) is 6.80. The van der Waals surface area contributed by atoms with Crippen LogP contribution < -0.4 is 5.32 Å². The first kappa shape index (κ1) is 13.9. The first-order valence-electron chi connectivity index (χ1n) is 5.61. The molecule has 0 heterocycles. The van der Waals surface area contributed by atoms with E-state index < -0.39 is 11.6 Å². The maximum Gasteiger partial charge on any atom is 0.149 e. The Morgan fingerprint density at radius 1 is 1.00 bits per heavy atom. The van der Waals surface area contributed by atoms with E-state index in [0.29, 0.717) is 12.1 Å². The van der Waals surface area contributed by atoms with Gasteiger partial charge in [0, 0.05) is 12.6 Å². The Morgan fingerprint density at radius 3 is 2.42 bits per heavy atom. The van der Waals surface area contributed by atoms with Gasteiger partial charge in [0.25, 0.3) is 0 Å². The molecular weight excluding hydrogens is 319 g/mol. The number of rotatable bonds is 3. The Labute approximate surface area is 117 Å². The second-order valence-electron chi connectivity index (χ2n) is 4.18. The second kappa shape index (κ2) is 5.65. The summed E-state index contributed by atoms with van der Waals surface area (Å²) in [4.78, 5) is 0. The van der Waals surface area contributed by atoms with E-state index in [-0.39, 0.29) is 16.0 Å². The normalized spacial score (nSPS) is 10.6. The monoisotopic (exact) mass is 329 g/mol. The molecule has 0 aliphatic carbocycles. The van der Waals surface area contributed by atoms with Crippen molar-refractivity contribution in [1.29, 1.82) is 0 Å². The van der Waals surface area contributed by atoms with Crippen molar-refractivity contribution in [3.63, 3.8) is 0 Å². The summed E-state index contributed by atoms with van der Waals surface area (Å²) < 4.78 is 39.8. The third-order valence-corrected chi connectivity index (χ3v) is 3.32. The fourth-order valence-electron chi connectivity index (χ4n) is 1.67. The van der Waals surface area contributed by atoms with Crippen LogP contribution in [0, 0.1) is 24.4 Å². The van der Waals surface area contributed by atoms with E-state index in [2.05, 4.69) is 21.2 Å². The van der Waals surface area contributed by atoms with Crippen LogP contribution in [0.4, 0.5) is 18.9 Å². The largest absolute Gasteiger partial charge is 0.379 e. The van der Waals surface area contributed by atoms with Crippen molar-refractivity contribution in [2.24, 2.45) is 0 Å². The molecule has 0 spiro atoms. The Balaban J connectivity index is 2.14. The smallest absolute Gasteiger partial charge is 0.149 e. The van der Waals surface area contributed by atoms with Gasteiger partial charge in [0.05, 0.1) is 10.2 Å². The lowest BCUT2D eigenvalue weighted by atomic mass is 10.1. The summed E-state index contributed by atoms with van der Waals surface area (Å²) in [5.74, 6) is -1.60. The number of hydrogen-bond acceptors (Lipinski definition) is 1. The van der Waals surface area contributed by atoms with Gasteiger partial charge in [0.1, 0.15) is 17.5 Å². The van der Waals surface area contributed by atoms with Crippen LogP contribution in [0.25, 0.3) is 0 Å².